The number of oxazole rings is 1. The number of nitrogens with zero attached hydrogens (tertiary/aromatic N) is 3. The van der Waals surface area contributed by atoms with Crippen molar-refractivity contribution in [2.45, 2.75) is 52.2 Å². The number of aromatic nitrogens is 1. The molecule has 0 saturated carbocycles. The Kier molecular flexibility index (Phi) is 6.71. The first-order valence-corrected chi connectivity index (χ1v) is 11.6. The number of nitriles is 1. The Morgan fingerprint density at radius 2 is 2.15 bits per heavy atom. The van der Waals surface area contributed by atoms with Crippen LogP contribution in [0.15, 0.2) is 40.8 Å². The molecule has 0 aliphatic heterocycles. The van der Waals surface area contributed by atoms with Crippen molar-refractivity contribution in [3.8, 4) is 34.5 Å². The molecule has 1 aromatic heterocycles. The number of rotatable bonds is 8. The zero-order valence-corrected chi connectivity index (χ0v) is 20.0. The second kappa shape index (κ2) is 9.70. The van der Waals surface area contributed by atoms with Gasteiger partial charge in [-0.15, -0.1) is 0 Å². The van der Waals surface area contributed by atoms with E-state index in [1.165, 1.54) is 5.56 Å². The fourth-order valence-corrected chi connectivity index (χ4v) is 4.67. The second-order valence-electron chi connectivity index (χ2n) is 8.87. The molecule has 0 amide bonds. The van der Waals surface area contributed by atoms with Gasteiger partial charge in [0.05, 0.1) is 18.2 Å². The van der Waals surface area contributed by atoms with Gasteiger partial charge in [-0.3, -0.25) is 9.69 Å². The normalized spacial score (nSPS) is 14.9. The number of ether oxygens (including phenoxy) is 1. The number of hydrogen-bond donors (Lipinski definition) is 1. The second-order valence-corrected chi connectivity index (χ2v) is 8.87. The highest BCUT2D eigenvalue weighted by molar-refractivity contribution is 5.72. The largest absolute Gasteiger partial charge is 0.490 e. The van der Waals surface area contributed by atoms with Gasteiger partial charge in [-0.25, -0.2) is 4.98 Å². The third kappa shape index (κ3) is 4.55. The fraction of sp³-hybridized carbons (Fsp3) is 0.370. The van der Waals surface area contributed by atoms with Crippen molar-refractivity contribution < 1.29 is 19.1 Å². The fourth-order valence-electron chi connectivity index (χ4n) is 4.67. The van der Waals surface area contributed by atoms with E-state index in [1.807, 2.05) is 44.9 Å². The minimum Gasteiger partial charge on any atom is -0.490 e. The number of aryl methyl sites for hydroxylation is 1. The van der Waals surface area contributed by atoms with Gasteiger partial charge in [0.25, 0.3) is 0 Å². The Morgan fingerprint density at radius 1 is 1.35 bits per heavy atom. The molecule has 0 fully saturated rings. The molecule has 0 spiro atoms. The van der Waals surface area contributed by atoms with Gasteiger partial charge in [0.2, 0.25) is 5.89 Å². The molecule has 1 heterocycles. The third-order valence-corrected chi connectivity index (χ3v) is 6.14. The first-order valence-electron chi connectivity index (χ1n) is 11.6. The molecule has 7 nitrogen and oxygen atoms in total. The molecular formula is C27H29N3O4. The van der Waals surface area contributed by atoms with Crippen LogP contribution in [0.3, 0.4) is 0 Å². The Bertz CT molecular complexity index is 1260. The predicted octanol–water partition coefficient (Wildman–Crippen LogP) is 5.23. The predicted molar refractivity (Wildman–Crippen MR) is 129 cm³/mol. The summed E-state index contributed by atoms with van der Waals surface area (Å²) in [6.07, 6.45) is 2.36. The van der Waals surface area contributed by atoms with Crippen LogP contribution in [0, 0.1) is 11.3 Å². The van der Waals surface area contributed by atoms with Crippen molar-refractivity contribution in [2.24, 2.45) is 0 Å². The molecule has 34 heavy (non-hydrogen) atoms. The van der Waals surface area contributed by atoms with Crippen LogP contribution < -0.4 is 4.74 Å². The summed E-state index contributed by atoms with van der Waals surface area (Å²) in [7, 11) is 1.85. The lowest BCUT2D eigenvalue weighted by Crippen LogP contribution is -2.28. The smallest absolute Gasteiger partial charge is 0.317 e. The number of likely N-dealkylation sites (N-methyl/N-ethyl adjacent to an activating group) is 1. The molecule has 1 N–H and O–H groups in total. The quantitative estimate of drug-likeness (QED) is 0.492. The minimum atomic E-state index is -0.830. The summed E-state index contributed by atoms with van der Waals surface area (Å²) in [5, 5.41) is 18.8. The first-order chi connectivity index (χ1) is 16.3. The van der Waals surface area contributed by atoms with Crippen LogP contribution in [-0.2, 0) is 17.6 Å². The van der Waals surface area contributed by atoms with Crippen molar-refractivity contribution in [1.29, 1.82) is 5.26 Å². The van der Waals surface area contributed by atoms with Crippen LogP contribution >= 0.6 is 0 Å². The molecule has 2 aromatic carbocycles. The topological polar surface area (TPSA) is 99.6 Å². The standard InChI is InChI=1S/C27H29N3O4/c1-5-23-26(21-8-6-7-20-19(21)10-11-22(20)30(4)15-25(31)32)29-27(34-23)17-9-12-24(33-16(2)3)18(13-17)14-28/h6-9,12-13,16,22H,5,10-11,15H2,1-4H3,(H,31,32)/t22-/m0/s1. The maximum Gasteiger partial charge on any atom is 0.317 e. The van der Waals surface area contributed by atoms with E-state index in [4.69, 9.17) is 14.1 Å². The number of carbonyl (C=O) groups is 1. The summed E-state index contributed by atoms with van der Waals surface area (Å²) < 4.78 is 11.9. The Hall–Kier alpha value is -3.63. The molecular weight excluding hydrogens is 430 g/mol. The van der Waals surface area contributed by atoms with Crippen LogP contribution in [-0.4, -0.2) is 40.7 Å². The highest BCUT2D eigenvalue weighted by Gasteiger charge is 2.30. The number of hydrogen-bond acceptors (Lipinski definition) is 6. The monoisotopic (exact) mass is 459 g/mol. The highest BCUT2D eigenvalue weighted by Crippen LogP contribution is 2.41. The number of carboxylic acid groups (broad SMARTS) is 1. The summed E-state index contributed by atoms with van der Waals surface area (Å²) in [6, 6.07) is 13.8. The zero-order chi connectivity index (χ0) is 24.4. The zero-order valence-electron chi connectivity index (χ0n) is 20.0. The molecule has 0 saturated heterocycles. The van der Waals surface area contributed by atoms with Gasteiger partial charge in [0.1, 0.15) is 23.3 Å². The molecule has 0 bridgehead atoms. The Balaban J connectivity index is 1.72. The van der Waals surface area contributed by atoms with Crippen LogP contribution in [0.2, 0.25) is 0 Å². The van der Waals surface area contributed by atoms with E-state index >= 15 is 0 Å². The van der Waals surface area contributed by atoms with Crippen molar-refractivity contribution >= 4 is 5.97 Å². The van der Waals surface area contributed by atoms with Crippen molar-refractivity contribution in [3.05, 3.63) is 58.8 Å². The molecule has 1 atom stereocenters. The molecule has 7 heteroatoms. The molecule has 0 unspecified atom stereocenters. The van der Waals surface area contributed by atoms with Crippen molar-refractivity contribution in [3.63, 3.8) is 0 Å². The van der Waals surface area contributed by atoms with Gasteiger partial charge in [0.15, 0.2) is 0 Å². The van der Waals surface area contributed by atoms with E-state index in [-0.39, 0.29) is 18.7 Å². The van der Waals surface area contributed by atoms with Crippen LogP contribution in [0.5, 0.6) is 5.75 Å². The lowest BCUT2D eigenvalue weighted by Gasteiger charge is -2.23. The van der Waals surface area contributed by atoms with E-state index in [0.717, 1.165) is 41.0 Å². The van der Waals surface area contributed by atoms with Gasteiger partial charge in [-0.2, -0.15) is 5.26 Å². The van der Waals surface area contributed by atoms with Crippen molar-refractivity contribution in [2.75, 3.05) is 13.6 Å². The number of carboxylic acids is 1. The Morgan fingerprint density at radius 3 is 2.82 bits per heavy atom. The SMILES string of the molecule is CCc1oc(-c2ccc(OC(C)C)c(C#N)c2)nc1-c1cccc2c1CC[C@@H]2N(C)CC(=O)O. The summed E-state index contributed by atoms with van der Waals surface area (Å²) in [5.41, 5.74) is 5.33. The lowest BCUT2D eigenvalue weighted by atomic mass is 9.98. The number of benzene rings is 2. The van der Waals surface area contributed by atoms with Gasteiger partial charge >= 0.3 is 5.97 Å². The maximum atomic E-state index is 11.2. The average Bonchev–Trinajstić information content (AvgIpc) is 3.43. The number of aliphatic carboxylic acids is 1. The third-order valence-electron chi connectivity index (χ3n) is 6.14. The molecule has 0 radical (unpaired) electrons. The summed E-state index contributed by atoms with van der Waals surface area (Å²) >= 11 is 0. The molecule has 176 valence electrons. The molecule has 3 aromatic rings. The molecule has 1 aliphatic carbocycles. The van der Waals surface area contributed by atoms with Crippen molar-refractivity contribution in [1.82, 2.24) is 9.88 Å². The van der Waals surface area contributed by atoms with E-state index in [9.17, 15) is 15.2 Å². The maximum absolute atomic E-state index is 11.2. The number of fused-ring (bicyclic) bond motifs is 1. The summed E-state index contributed by atoms with van der Waals surface area (Å²) in [5.74, 6) is 0.963. The van der Waals surface area contributed by atoms with Gasteiger partial charge in [0, 0.05) is 23.6 Å². The minimum absolute atomic E-state index is 0.000394. The van der Waals surface area contributed by atoms with E-state index in [2.05, 4.69) is 18.2 Å². The Labute approximate surface area is 199 Å². The summed E-state index contributed by atoms with van der Waals surface area (Å²) in [4.78, 5) is 18.0. The van der Waals surface area contributed by atoms with Gasteiger partial charge in [-0.05, 0) is 63.1 Å². The lowest BCUT2D eigenvalue weighted by molar-refractivity contribution is -0.138. The van der Waals surface area contributed by atoms with E-state index < -0.39 is 5.97 Å². The van der Waals surface area contributed by atoms with Crippen LogP contribution in [0.4, 0.5) is 0 Å². The first kappa shape index (κ1) is 23.5. The van der Waals surface area contributed by atoms with Gasteiger partial charge < -0.3 is 14.3 Å². The average molecular weight is 460 g/mol. The van der Waals surface area contributed by atoms with Gasteiger partial charge in [-0.1, -0.05) is 25.1 Å². The van der Waals surface area contributed by atoms with Crippen LogP contribution in [0.1, 0.15) is 55.7 Å². The molecule has 4 rings (SSSR count). The summed E-state index contributed by atoms with van der Waals surface area (Å²) in [6.45, 7) is 5.87. The van der Waals surface area contributed by atoms with Crippen LogP contribution in [0.25, 0.3) is 22.7 Å². The van der Waals surface area contributed by atoms with E-state index in [0.29, 0.717) is 23.6 Å². The molecule has 1 aliphatic rings. The highest BCUT2D eigenvalue weighted by atomic mass is 16.5. The van der Waals surface area contributed by atoms with E-state index in [1.54, 1.807) is 12.1 Å².